The number of carbonyl (C=O) groups is 3. The maximum absolute atomic E-state index is 12.8. The molecule has 2 fully saturated rings. The second-order valence-electron chi connectivity index (χ2n) is 6.77. The van der Waals surface area contributed by atoms with E-state index in [2.05, 4.69) is 0 Å². The van der Waals surface area contributed by atoms with Gasteiger partial charge >= 0.3 is 12.2 Å². The Morgan fingerprint density at radius 2 is 1.92 bits per heavy atom. The Labute approximate surface area is 146 Å². The minimum absolute atomic E-state index is 0.0538. The van der Waals surface area contributed by atoms with Crippen LogP contribution in [0.3, 0.4) is 0 Å². The van der Waals surface area contributed by atoms with Crippen LogP contribution in [-0.2, 0) is 14.3 Å². The average molecular weight is 352 g/mol. The first kappa shape index (κ1) is 17.7. The number of rotatable bonds is 4. The van der Waals surface area contributed by atoms with E-state index in [9.17, 15) is 19.5 Å². The number of hydrogen-bond acceptors (Lipinski definition) is 6. The molecule has 0 aromatic rings. The van der Waals surface area contributed by atoms with Crippen LogP contribution >= 0.6 is 0 Å². The monoisotopic (exact) mass is 352 g/mol. The first-order valence-corrected chi connectivity index (χ1v) is 8.69. The molecule has 1 aliphatic heterocycles. The summed E-state index contributed by atoms with van der Waals surface area (Å²) in [5, 5.41) is 11.8. The van der Waals surface area contributed by atoms with Crippen LogP contribution in [0.2, 0.25) is 0 Å². The average Bonchev–Trinajstić information content (AvgIpc) is 3.14. The number of ketones is 1. The van der Waals surface area contributed by atoms with E-state index in [1.807, 2.05) is 13.0 Å². The van der Waals surface area contributed by atoms with Crippen molar-refractivity contribution in [2.75, 3.05) is 19.8 Å². The van der Waals surface area contributed by atoms with Gasteiger partial charge in [-0.15, -0.1) is 0 Å². The van der Waals surface area contributed by atoms with E-state index in [1.54, 1.807) is 13.8 Å². The highest BCUT2D eigenvalue weighted by molar-refractivity contribution is 6.02. The van der Waals surface area contributed by atoms with Gasteiger partial charge in [0.15, 0.2) is 5.78 Å². The second-order valence-corrected chi connectivity index (χ2v) is 6.77. The molecule has 1 N–H and O–H groups in total. The van der Waals surface area contributed by atoms with Crippen LogP contribution in [0.4, 0.5) is 9.59 Å². The number of fused-ring (bicyclic) bond motifs is 5. The molecule has 0 radical (unpaired) electrons. The summed E-state index contributed by atoms with van der Waals surface area (Å²) >= 11 is 0. The van der Waals surface area contributed by atoms with Crippen LogP contribution in [0.5, 0.6) is 0 Å². The zero-order valence-electron chi connectivity index (χ0n) is 14.7. The fourth-order valence-corrected chi connectivity index (χ4v) is 4.58. The van der Waals surface area contributed by atoms with Gasteiger partial charge in [-0.3, -0.25) is 4.79 Å². The van der Waals surface area contributed by atoms with Crippen molar-refractivity contribution in [1.82, 2.24) is 10.0 Å². The van der Waals surface area contributed by atoms with E-state index in [0.29, 0.717) is 12.0 Å². The summed E-state index contributed by atoms with van der Waals surface area (Å²) in [6.07, 6.45) is 1.37. The van der Waals surface area contributed by atoms with Gasteiger partial charge in [-0.05, 0) is 39.2 Å². The topological polar surface area (TPSA) is 96.4 Å². The molecule has 0 aromatic heterocycles. The molecule has 2 amide bonds. The Kier molecular flexibility index (Phi) is 4.49. The number of carbonyl (C=O) groups excluding carboxylic acids is 3. The number of nitrogens with zero attached hydrogens (tertiary/aromatic N) is 2. The van der Waals surface area contributed by atoms with Gasteiger partial charge in [0.05, 0.1) is 30.7 Å². The van der Waals surface area contributed by atoms with Crippen LogP contribution in [0.25, 0.3) is 0 Å². The number of hydrogen-bond donors (Lipinski definition) is 1. The summed E-state index contributed by atoms with van der Waals surface area (Å²) < 4.78 is 10.3. The Bertz CT molecular complexity index is 633. The first-order chi connectivity index (χ1) is 11.9. The maximum Gasteiger partial charge on any atom is 0.429 e. The van der Waals surface area contributed by atoms with Crippen LogP contribution < -0.4 is 0 Å². The van der Waals surface area contributed by atoms with Gasteiger partial charge in [0.25, 0.3) is 0 Å². The van der Waals surface area contributed by atoms with Crippen molar-refractivity contribution in [3.63, 3.8) is 0 Å². The summed E-state index contributed by atoms with van der Waals surface area (Å²) in [6.45, 7) is 5.45. The Hall–Kier alpha value is -2.09. The van der Waals surface area contributed by atoms with Gasteiger partial charge < -0.3 is 14.6 Å². The highest BCUT2D eigenvalue weighted by atomic mass is 16.6. The molecule has 0 unspecified atom stereocenters. The predicted octanol–water partition coefficient (Wildman–Crippen LogP) is 1.49. The fourth-order valence-electron chi connectivity index (χ4n) is 4.58. The molecule has 4 atom stereocenters. The molecule has 2 bridgehead atoms. The zero-order chi connectivity index (χ0) is 18.4. The smallest absolute Gasteiger partial charge is 0.429 e. The van der Waals surface area contributed by atoms with E-state index in [4.69, 9.17) is 9.47 Å². The predicted molar refractivity (Wildman–Crippen MR) is 86.3 cm³/mol. The van der Waals surface area contributed by atoms with E-state index in [0.717, 1.165) is 0 Å². The Balaban J connectivity index is 1.99. The van der Waals surface area contributed by atoms with Gasteiger partial charge in [0, 0.05) is 12.5 Å². The highest BCUT2D eigenvalue weighted by Crippen LogP contribution is 2.57. The lowest BCUT2D eigenvalue weighted by Gasteiger charge is -2.45. The maximum atomic E-state index is 12.8. The van der Waals surface area contributed by atoms with E-state index in [-0.39, 0.29) is 44.0 Å². The van der Waals surface area contributed by atoms with E-state index >= 15 is 0 Å². The molecule has 8 heteroatoms. The van der Waals surface area contributed by atoms with Crippen molar-refractivity contribution in [3.05, 3.63) is 11.6 Å². The summed E-state index contributed by atoms with van der Waals surface area (Å²) in [5.41, 5.74) is -0.276. The SMILES string of the molecule is CCOC(=O)N1[C@H]2C[C@](C)([C@@H]3C(=O)C(CCO)=C[C@@H]32)N1C(=O)OCC. The number of Topliss-reactive ketones (excluding diaryl/α,β-unsaturated/α-hetero) is 1. The van der Waals surface area contributed by atoms with Gasteiger partial charge in [0.2, 0.25) is 0 Å². The first-order valence-electron chi connectivity index (χ1n) is 8.69. The number of hydrazine groups is 1. The zero-order valence-corrected chi connectivity index (χ0v) is 14.7. The molecule has 2 aliphatic carbocycles. The third-order valence-corrected chi connectivity index (χ3v) is 5.40. The Morgan fingerprint density at radius 1 is 1.28 bits per heavy atom. The fraction of sp³-hybridized carbons (Fsp3) is 0.706. The molecule has 138 valence electrons. The standard InChI is InChI=1S/C17H24N2O6/c1-4-24-15(22)18-12-9-17(3,19(18)16(23)25-5-2)13-11(12)8-10(6-7-20)14(13)21/h8,11-13,20H,4-7,9H2,1-3H3/t11-,12+,13+,17-/m1/s1. The normalized spacial score (nSPS) is 32.7. The number of aliphatic hydroxyl groups is 1. The summed E-state index contributed by atoms with van der Waals surface area (Å²) in [7, 11) is 0. The molecular weight excluding hydrogens is 328 g/mol. The summed E-state index contributed by atoms with van der Waals surface area (Å²) in [5.74, 6) is -0.648. The highest BCUT2D eigenvalue weighted by Gasteiger charge is 2.70. The Morgan fingerprint density at radius 3 is 2.52 bits per heavy atom. The van der Waals surface area contributed by atoms with E-state index in [1.165, 1.54) is 10.0 Å². The van der Waals surface area contributed by atoms with Crippen LogP contribution in [0.1, 0.15) is 33.6 Å². The molecule has 1 saturated carbocycles. The lowest BCUT2D eigenvalue weighted by molar-refractivity contribution is -0.133. The van der Waals surface area contributed by atoms with Gasteiger partial charge in [-0.1, -0.05) is 6.08 Å². The second kappa shape index (κ2) is 6.33. The van der Waals surface area contributed by atoms with E-state index < -0.39 is 23.6 Å². The van der Waals surface area contributed by atoms with Crippen LogP contribution in [-0.4, -0.2) is 64.5 Å². The van der Waals surface area contributed by atoms with Crippen LogP contribution in [0, 0.1) is 11.8 Å². The minimum Gasteiger partial charge on any atom is -0.448 e. The van der Waals surface area contributed by atoms with Gasteiger partial charge in [-0.2, -0.15) is 0 Å². The third-order valence-electron chi connectivity index (χ3n) is 5.40. The summed E-state index contributed by atoms with van der Waals surface area (Å²) in [4.78, 5) is 37.8. The van der Waals surface area contributed by atoms with Crippen molar-refractivity contribution in [3.8, 4) is 0 Å². The lowest BCUT2D eigenvalue weighted by Crippen LogP contribution is -2.63. The molecule has 1 saturated heterocycles. The molecule has 0 aromatic carbocycles. The van der Waals surface area contributed by atoms with Crippen molar-refractivity contribution in [2.45, 2.75) is 45.2 Å². The molecule has 3 rings (SSSR count). The molecular formula is C17H24N2O6. The third kappa shape index (κ3) is 2.42. The quantitative estimate of drug-likeness (QED) is 0.823. The molecule has 1 heterocycles. The number of aliphatic hydroxyl groups excluding tert-OH is 1. The van der Waals surface area contributed by atoms with Gasteiger partial charge in [-0.25, -0.2) is 19.6 Å². The van der Waals surface area contributed by atoms with Crippen molar-refractivity contribution < 1.29 is 29.0 Å². The van der Waals surface area contributed by atoms with Crippen molar-refractivity contribution in [2.24, 2.45) is 11.8 Å². The molecule has 3 aliphatic rings. The van der Waals surface area contributed by atoms with Crippen molar-refractivity contribution >= 4 is 18.0 Å². The number of ether oxygens (including phenoxy) is 2. The number of amides is 2. The van der Waals surface area contributed by atoms with Gasteiger partial charge in [0.1, 0.15) is 0 Å². The molecule has 25 heavy (non-hydrogen) atoms. The van der Waals surface area contributed by atoms with Crippen LogP contribution in [0.15, 0.2) is 11.6 Å². The lowest BCUT2D eigenvalue weighted by atomic mass is 9.82. The molecule has 0 spiro atoms. The molecule has 8 nitrogen and oxygen atoms in total. The summed E-state index contributed by atoms with van der Waals surface area (Å²) in [6, 6.07) is -0.335. The van der Waals surface area contributed by atoms with Crippen molar-refractivity contribution in [1.29, 1.82) is 0 Å². The minimum atomic E-state index is -0.848. The largest absolute Gasteiger partial charge is 0.448 e.